The van der Waals surface area contributed by atoms with Crippen molar-refractivity contribution >= 4 is 22.9 Å². The van der Waals surface area contributed by atoms with Gasteiger partial charge in [-0.3, -0.25) is 4.90 Å². The van der Waals surface area contributed by atoms with Gasteiger partial charge in [0.2, 0.25) is 0 Å². The lowest BCUT2D eigenvalue weighted by Gasteiger charge is -2.56. The number of hydrogen-bond donors (Lipinski definition) is 0. The van der Waals surface area contributed by atoms with Crippen LogP contribution in [0.5, 0.6) is 0 Å². The zero-order valence-corrected chi connectivity index (χ0v) is 14.7. The molecule has 1 spiro atoms. The number of halogens is 1. The van der Waals surface area contributed by atoms with E-state index >= 15 is 0 Å². The average molecular weight is 376 g/mol. The summed E-state index contributed by atoms with van der Waals surface area (Å²) in [6, 6.07) is 0.931. The molecule has 1 aliphatic heterocycles. The highest BCUT2D eigenvalue weighted by Crippen LogP contribution is 2.55. The van der Waals surface area contributed by atoms with Gasteiger partial charge in [-0.25, -0.2) is 3.11 Å². The maximum atomic E-state index is 2.77. The lowest BCUT2D eigenvalue weighted by Crippen LogP contribution is -2.56. The molecule has 3 heteroatoms. The van der Waals surface area contributed by atoms with E-state index in [0.717, 1.165) is 23.3 Å². The summed E-state index contributed by atoms with van der Waals surface area (Å²) < 4.78 is 2.44. The van der Waals surface area contributed by atoms with E-state index < -0.39 is 0 Å². The first-order valence-corrected chi connectivity index (χ1v) is 9.19. The molecule has 110 valence electrons. The van der Waals surface area contributed by atoms with E-state index in [1.54, 1.807) is 0 Å². The Bertz CT molecular complexity index is 294. The van der Waals surface area contributed by atoms with Crippen LogP contribution >= 0.6 is 22.9 Å². The Morgan fingerprint density at radius 2 is 1.58 bits per heavy atom. The Balaban J connectivity index is 1.45. The minimum absolute atomic E-state index is 0.775. The van der Waals surface area contributed by atoms with Gasteiger partial charge >= 0.3 is 0 Å². The van der Waals surface area contributed by atoms with E-state index in [4.69, 9.17) is 0 Å². The number of piperazine rings is 1. The third kappa shape index (κ3) is 3.13. The minimum Gasteiger partial charge on any atom is -0.298 e. The van der Waals surface area contributed by atoms with E-state index in [2.05, 4.69) is 44.7 Å². The van der Waals surface area contributed by atoms with Crippen LogP contribution in [0.4, 0.5) is 0 Å². The summed E-state index contributed by atoms with van der Waals surface area (Å²) in [5.74, 6) is 1.93. The summed E-state index contributed by atoms with van der Waals surface area (Å²) in [6.07, 6.45) is 9.09. The second-order valence-corrected chi connectivity index (χ2v) is 8.95. The molecule has 0 aromatic carbocycles. The van der Waals surface area contributed by atoms with Crippen molar-refractivity contribution in [3.8, 4) is 0 Å². The third-order valence-corrected chi connectivity index (χ3v) is 7.11. The minimum atomic E-state index is 0.775. The van der Waals surface area contributed by atoms with Crippen LogP contribution in [-0.2, 0) is 0 Å². The fourth-order valence-electron chi connectivity index (χ4n) is 4.59. The molecule has 2 saturated carbocycles. The van der Waals surface area contributed by atoms with Crippen molar-refractivity contribution in [2.45, 2.75) is 58.4 Å². The van der Waals surface area contributed by atoms with Gasteiger partial charge in [0, 0.05) is 55.1 Å². The van der Waals surface area contributed by atoms with Crippen LogP contribution in [-0.4, -0.2) is 40.2 Å². The molecule has 1 heterocycles. The molecule has 3 aliphatic rings. The molecule has 19 heavy (non-hydrogen) atoms. The maximum Gasteiger partial charge on any atom is 0.0209 e. The molecule has 0 N–H and O–H groups in total. The lowest BCUT2D eigenvalue weighted by atomic mass is 9.55. The molecule has 3 fully saturated rings. The molecule has 0 aromatic rings. The zero-order chi connectivity index (χ0) is 13.5. The van der Waals surface area contributed by atoms with Crippen molar-refractivity contribution in [2.24, 2.45) is 17.3 Å². The molecule has 0 unspecified atom stereocenters. The van der Waals surface area contributed by atoms with Crippen molar-refractivity contribution < 1.29 is 0 Å². The largest absolute Gasteiger partial charge is 0.298 e. The van der Waals surface area contributed by atoms with E-state index in [-0.39, 0.29) is 0 Å². The Morgan fingerprint density at radius 3 is 2.11 bits per heavy atom. The van der Waals surface area contributed by atoms with Crippen LogP contribution in [0.15, 0.2) is 0 Å². The van der Waals surface area contributed by atoms with Gasteiger partial charge in [0.15, 0.2) is 0 Å². The summed E-state index contributed by atoms with van der Waals surface area (Å²) in [5, 5.41) is 0. The first-order valence-electron chi connectivity index (χ1n) is 8.23. The molecule has 2 aliphatic carbocycles. The standard InChI is InChI=1S/C16H29IN2/c1-13(2)14-3-5-16(6-4-14)11-15(12-16)18-7-9-19(17)10-8-18/h13-15H,3-12H2,1-2H3. The van der Waals surface area contributed by atoms with E-state index in [1.807, 2.05) is 0 Å². The molecule has 3 rings (SSSR count). The van der Waals surface area contributed by atoms with Crippen LogP contribution in [0.25, 0.3) is 0 Å². The van der Waals surface area contributed by atoms with Crippen molar-refractivity contribution in [2.75, 3.05) is 26.2 Å². The summed E-state index contributed by atoms with van der Waals surface area (Å²) in [6.45, 7) is 9.96. The fraction of sp³-hybridized carbons (Fsp3) is 1.00. The van der Waals surface area contributed by atoms with Crippen molar-refractivity contribution in [1.29, 1.82) is 0 Å². The summed E-state index contributed by atoms with van der Waals surface area (Å²) in [7, 11) is 0. The van der Waals surface area contributed by atoms with Gasteiger partial charge in [0.05, 0.1) is 0 Å². The van der Waals surface area contributed by atoms with E-state index in [1.165, 1.54) is 64.7 Å². The van der Waals surface area contributed by atoms with Crippen molar-refractivity contribution in [1.82, 2.24) is 8.01 Å². The normalized spacial score (nSPS) is 41.7. The van der Waals surface area contributed by atoms with Gasteiger partial charge < -0.3 is 0 Å². The monoisotopic (exact) mass is 376 g/mol. The summed E-state index contributed by atoms with van der Waals surface area (Å²) in [5.41, 5.74) is 0.775. The first-order chi connectivity index (χ1) is 9.08. The predicted octanol–water partition coefficient (Wildman–Crippen LogP) is 3.95. The highest BCUT2D eigenvalue weighted by molar-refractivity contribution is 14.1. The average Bonchev–Trinajstić information content (AvgIpc) is 2.37. The quantitative estimate of drug-likeness (QED) is 0.532. The fourth-order valence-corrected chi connectivity index (χ4v) is 5.02. The van der Waals surface area contributed by atoms with E-state index in [0.29, 0.717) is 0 Å². The Hall–Kier alpha value is 0.650. The van der Waals surface area contributed by atoms with Crippen LogP contribution < -0.4 is 0 Å². The van der Waals surface area contributed by atoms with Gasteiger partial charge in [0.25, 0.3) is 0 Å². The molecule has 0 atom stereocenters. The SMILES string of the molecule is CC(C)C1CCC2(CC1)CC(N1CCN(I)CC1)C2. The smallest absolute Gasteiger partial charge is 0.0209 e. The number of rotatable bonds is 2. The molecule has 0 aromatic heterocycles. The van der Waals surface area contributed by atoms with Gasteiger partial charge in [-0.2, -0.15) is 0 Å². The molecular weight excluding hydrogens is 347 g/mol. The Kier molecular flexibility index (Phi) is 4.45. The maximum absolute atomic E-state index is 2.77. The highest BCUT2D eigenvalue weighted by Gasteiger charge is 2.48. The first kappa shape index (κ1) is 14.6. The molecular formula is C16H29IN2. The van der Waals surface area contributed by atoms with Gasteiger partial charge in [-0.15, -0.1) is 0 Å². The van der Waals surface area contributed by atoms with Crippen LogP contribution in [0.2, 0.25) is 0 Å². The molecule has 0 amide bonds. The Morgan fingerprint density at radius 1 is 1.00 bits per heavy atom. The zero-order valence-electron chi connectivity index (χ0n) is 12.6. The molecule has 0 bridgehead atoms. The molecule has 1 saturated heterocycles. The lowest BCUT2D eigenvalue weighted by molar-refractivity contribution is -0.0453. The highest BCUT2D eigenvalue weighted by atomic mass is 127. The van der Waals surface area contributed by atoms with Crippen LogP contribution in [0, 0.1) is 17.3 Å². The second-order valence-electron chi connectivity index (χ2n) is 7.59. The predicted molar refractivity (Wildman–Crippen MR) is 89.4 cm³/mol. The number of hydrogen-bond acceptors (Lipinski definition) is 2. The van der Waals surface area contributed by atoms with Gasteiger partial charge in [0.1, 0.15) is 0 Å². The van der Waals surface area contributed by atoms with Gasteiger partial charge in [-0.05, 0) is 55.8 Å². The number of nitrogens with zero attached hydrogens (tertiary/aromatic N) is 2. The topological polar surface area (TPSA) is 6.48 Å². The van der Waals surface area contributed by atoms with Crippen molar-refractivity contribution in [3.63, 3.8) is 0 Å². The molecule has 2 nitrogen and oxygen atoms in total. The third-order valence-electron chi connectivity index (χ3n) is 6.15. The second kappa shape index (κ2) is 5.80. The van der Waals surface area contributed by atoms with Crippen LogP contribution in [0.1, 0.15) is 52.4 Å². The van der Waals surface area contributed by atoms with Crippen LogP contribution in [0.3, 0.4) is 0 Å². The Labute approximate surface area is 132 Å². The van der Waals surface area contributed by atoms with E-state index in [9.17, 15) is 0 Å². The molecule has 0 radical (unpaired) electrons. The summed E-state index contributed by atoms with van der Waals surface area (Å²) >= 11 is 2.47. The summed E-state index contributed by atoms with van der Waals surface area (Å²) in [4.78, 5) is 2.77. The van der Waals surface area contributed by atoms with Gasteiger partial charge in [-0.1, -0.05) is 13.8 Å². The van der Waals surface area contributed by atoms with Crippen molar-refractivity contribution in [3.05, 3.63) is 0 Å².